The van der Waals surface area contributed by atoms with Crippen LogP contribution in [0.1, 0.15) is 25.3 Å². The number of nitrogens with one attached hydrogen (secondary N) is 1. The van der Waals surface area contributed by atoms with Gasteiger partial charge in [-0.1, -0.05) is 30.4 Å². The highest BCUT2D eigenvalue weighted by Gasteiger charge is 2.20. The molecule has 21 heavy (non-hydrogen) atoms. The molecule has 1 atom stereocenters. The fourth-order valence-corrected chi connectivity index (χ4v) is 2.59. The van der Waals surface area contributed by atoms with Gasteiger partial charge in [0.25, 0.3) is 0 Å². The SMILES string of the molecule is CC1CCCN(C(=O)Nc2ccc(Cl)c(C#CCN)c2)C1. The van der Waals surface area contributed by atoms with Crippen LogP contribution in [0.3, 0.4) is 0 Å². The number of hydrogen-bond donors (Lipinski definition) is 2. The molecule has 0 radical (unpaired) electrons. The van der Waals surface area contributed by atoms with Crippen molar-refractivity contribution in [3.8, 4) is 11.8 Å². The van der Waals surface area contributed by atoms with Gasteiger partial charge in [0.2, 0.25) is 0 Å². The van der Waals surface area contributed by atoms with Gasteiger partial charge in [0.05, 0.1) is 11.6 Å². The van der Waals surface area contributed by atoms with Crippen LogP contribution in [0.2, 0.25) is 5.02 Å². The Labute approximate surface area is 130 Å². The average Bonchev–Trinajstić information content (AvgIpc) is 2.47. The lowest BCUT2D eigenvalue weighted by Gasteiger charge is -2.30. The lowest BCUT2D eigenvalue weighted by Crippen LogP contribution is -2.41. The molecule has 4 nitrogen and oxygen atoms in total. The minimum Gasteiger partial charge on any atom is -0.324 e. The molecule has 1 unspecified atom stereocenters. The molecule has 5 heteroatoms. The third-order valence-electron chi connectivity index (χ3n) is 3.49. The summed E-state index contributed by atoms with van der Waals surface area (Å²) in [6.07, 6.45) is 2.24. The van der Waals surface area contributed by atoms with Crippen molar-refractivity contribution in [3.05, 3.63) is 28.8 Å². The van der Waals surface area contributed by atoms with Crippen molar-refractivity contribution >= 4 is 23.3 Å². The first-order chi connectivity index (χ1) is 10.1. The zero-order valence-corrected chi connectivity index (χ0v) is 12.9. The maximum atomic E-state index is 12.2. The number of nitrogens with two attached hydrogens (primary N) is 1. The van der Waals surface area contributed by atoms with E-state index in [1.807, 2.05) is 4.90 Å². The topological polar surface area (TPSA) is 58.4 Å². The van der Waals surface area contributed by atoms with Crippen LogP contribution in [-0.2, 0) is 0 Å². The normalized spacial score (nSPS) is 17.9. The summed E-state index contributed by atoms with van der Waals surface area (Å²) in [6.45, 7) is 4.06. The molecule has 2 amide bonds. The number of rotatable bonds is 1. The Balaban J connectivity index is 2.07. The van der Waals surface area contributed by atoms with Crippen molar-refractivity contribution in [3.63, 3.8) is 0 Å². The van der Waals surface area contributed by atoms with E-state index in [4.69, 9.17) is 17.3 Å². The summed E-state index contributed by atoms with van der Waals surface area (Å²) >= 11 is 6.07. The van der Waals surface area contributed by atoms with E-state index in [-0.39, 0.29) is 12.6 Å². The van der Waals surface area contributed by atoms with Crippen LogP contribution in [0.5, 0.6) is 0 Å². The highest BCUT2D eigenvalue weighted by atomic mass is 35.5. The largest absolute Gasteiger partial charge is 0.324 e. The van der Waals surface area contributed by atoms with E-state index in [1.165, 1.54) is 6.42 Å². The number of halogens is 1. The summed E-state index contributed by atoms with van der Waals surface area (Å²) in [6, 6.07) is 5.22. The number of urea groups is 1. The Hall–Kier alpha value is -1.70. The fourth-order valence-electron chi connectivity index (χ4n) is 2.42. The third-order valence-corrected chi connectivity index (χ3v) is 3.82. The first kappa shape index (κ1) is 15.7. The predicted molar refractivity (Wildman–Crippen MR) is 86.4 cm³/mol. The van der Waals surface area contributed by atoms with Crippen LogP contribution >= 0.6 is 11.6 Å². The Morgan fingerprint density at radius 3 is 3.10 bits per heavy atom. The van der Waals surface area contributed by atoms with Gasteiger partial charge in [0.15, 0.2) is 0 Å². The molecule has 1 aromatic carbocycles. The van der Waals surface area contributed by atoms with Crippen molar-refractivity contribution in [2.24, 2.45) is 11.7 Å². The second-order valence-corrected chi connectivity index (χ2v) is 5.73. The first-order valence-electron chi connectivity index (χ1n) is 7.14. The molecule has 1 saturated heterocycles. The van der Waals surface area contributed by atoms with Crippen LogP contribution in [0.15, 0.2) is 18.2 Å². The van der Waals surface area contributed by atoms with Gasteiger partial charge in [-0.05, 0) is 37.0 Å². The molecule has 0 spiro atoms. The predicted octanol–water partition coefficient (Wildman–Crippen LogP) is 2.91. The zero-order valence-electron chi connectivity index (χ0n) is 12.2. The first-order valence-corrected chi connectivity index (χ1v) is 7.52. The summed E-state index contributed by atoms with van der Waals surface area (Å²) in [5, 5.41) is 3.46. The van der Waals surface area contributed by atoms with E-state index in [9.17, 15) is 4.79 Å². The van der Waals surface area contributed by atoms with Crippen LogP contribution < -0.4 is 11.1 Å². The van der Waals surface area contributed by atoms with E-state index in [1.54, 1.807) is 18.2 Å². The summed E-state index contributed by atoms with van der Waals surface area (Å²) in [5.74, 6) is 6.22. The monoisotopic (exact) mass is 305 g/mol. The molecule has 0 aliphatic carbocycles. The number of hydrogen-bond acceptors (Lipinski definition) is 2. The second kappa shape index (κ2) is 7.35. The summed E-state index contributed by atoms with van der Waals surface area (Å²) in [4.78, 5) is 14.1. The van der Waals surface area contributed by atoms with E-state index in [0.717, 1.165) is 19.5 Å². The number of anilines is 1. The lowest BCUT2D eigenvalue weighted by atomic mass is 10.0. The molecule has 1 heterocycles. The van der Waals surface area contributed by atoms with Gasteiger partial charge in [-0.3, -0.25) is 0 Å². The maximum absolute atomic E-state index is 12.2. The minimum absolute atomic E-state index is 0.0680. The lowest BCUT2D eigenvalue weighted by molar-refractivity contribution is 0.182. The van der Waals surface area contributed by atoms with Crippen molar-refractivity contribution < 1.29 is 4.79 Å². The van der Waals surface area contributed by atoms with Crippen LogP contribution in [0, 0.1) is 17.8 Å². The molecule has 0 saturated carbocycles. The number of likely N-dealkylation sites (tertiary alicyclic amines) is 1. The molecule has 112 valence electrons. The Kier molecular flexibility index (Phi) is 5.49. The average molecular weight is 306 g/mol. The quantitative estimate of drug-likeness (QED) is 0.784. The molecule has 1 aliphatic rings. The Morgan fingerprint density at radius 2 is 2.38 bits per heavy atom. The van der Waals surface area contributed by atoms with Crippen LogP contribution in [-0.4, -0.2) is 30.6 Å². The molecule has 0 bridgehead atoms. The van der Waals surface area contributed by atoms with Gasteiger partial charge >= 0.3 is 6.03 Å². The highest BCUT2D eigenvalue weighted by molar-refractivity contribution is 6.31. The number of carbonyl (C=O) groups is 1. The minimum atomic E-state index is -0.0680. The molecule has 1 aromatic rings. The van der Waals surface area contributed by atoms with Gasteiger partial charge in [-0.15, -0.1) is 0 Å². The molecular weight excluding hydrogens is 286 g/mol. The summed E-state index contributed by atoms with van der Waals surface area (Å²) in [7, 11) is 0. The van der Waals surface area contributed by atoms with Gasteiger partial charge < -0.3 is 16.0 Å². The van der Waals surface area contributed by atoms with Crippen molar-refractivity contribution in [1.82, 2.24) is 4.90 Å². The zero-order chi connectivity index (χ0) is 15.2. The maximum Gasteiger partial charge on any atom is 0.321 e. The van der Waals surface area contributed by atoms with E-state index in [0.29, 0.717) is 22.2 Å². The molecule has 2 rings (SSSR count). The van der Waals surface area contributed by atoms with Crippen LogP contribution in [0.25, 0.3) is 0 Å². The van der Waals surface area contributed by atoms with E-state index in [2.05, 4.69) is 24.1 Å². The smallest absolute Gasteiger partial charge is 0.321 e. The van der Waals surface area contributed by atoms with Gasteiger partial charge in [0, 0.05) is 24.3 Å². The molecule has 3 N–H and O–H groups in total. The number of carbonyl (C=O) groups excluding carboxylic acids is 1. The van der Waals surface area contributed by atoms with Gasteiger partial charge in [-0.25, -0.2) is 4.79 Å². The number of piperidine rings is 1. The Morgan fingerprint density at radius 1 is 1.57 bits per heavy atom. The second-order valence-electron chi connectivity index (χ2n) is 5.32. The standard InChI is InChI=1S/C16H20ClN3O/c1-12-4-3-9-20(11-12)16(21)19-14-6-7-15(17)13(10-14)5-2-8-18/h6-7,10,12H,3-4,8-9,11,18H2,1H3,(H,19,21). The van der Waals surface area contributed by atoms with Crippen molar-refractivity contribution in [1.29, 1.82) is 0 Å². The molecule has 1 fully saturated rings. The molecular formula is C16H20ClN3O. The fraction of sp³-hybridized carbons (Fsp3) is 0.438. The number of benzene rings is 1. The van der Waals surface area contributed by atoms with Crippen LogP contribution in [0.4, 0.5) is 10.5 Å². The number of amides is 2. The van der Waals surface area contributed by atoms with E-state index < -0.39 is 0 Å². The van der Waals surface area contributed by atoms with Gasteiger partial charge in [0.1, 0.15) is 0 Å². The number of nitrogens with zero attached hydrogens (tertiary/aromatic N) is 1. The Bertz CT molecular complexity index is 577. The van der Waals surface area contributed by atoms with Crippen molar-refractivity contribution in [2.75, 3.05) is 25.0 Å². The molecule has 1 aliphatic heterocycles. The van der Waals surface area contributed by atoms with Gasteiger partial charge in [-0.2, -0.15) is 0 Å². The highest BCUT2D eigenvalue weighted by Crippen LogP contribution is 2.21. The summed E-state index contributed by atoms with van der Waals surface area (Å²) < 4.78 is 0. The van der Waals surface area contributed by atoms with Crippen molar-refractivity contribution in [2.45, 2.75) is 19.8 Å². The molecule has 0 aromatic heterocycles. The third kappa shape index (κ3) is 4.38. The summed E-state index contributed by atoms with van der Waals surface area (Å²) in [5.41, 5.74) is 6.73. The van der Waals surface area contributed by atoms with E-state index >= 15 is 0 Å².